The summed E-state index contributed by atoms with van der Waals surface area (Å²) in [5.41, 5.74) is 2.38. The van der Waals surface area contributed by atoms with E-state index < -0.39 is 0 Å². The minimum Gasteiger partial charge on any atom is -0.493 e. The molecule has 1 aromatic rings. The quantitative estimate of drug-likeness (QED) is 0.890. The van der Waals surface area contributed by atoms with Gasteiger partial charge in [0.25, 0.3) is 0 Å². The summed E-state index contributed by atoms with van der Waals surface area (Å²) in [5, 5.41) is 3.04. The molecule has 1 aliphatic carbocycles. The van der Waals surface area contributed by atoms with E-state index in [0.29, 0.717) is 12.2 Å². The average molecular weight is 249 g/mol. The minimum atomic E-state index is 0.0858. The number of rotatable bonds is 4. The fourth-order valence-electron chi connectivity index (χ4n) is 2.38. The molecule has 0 saturated carbocycles. The van der Waals surface area contributed by atoms with Crippen LogP contribution in [0.25, 0.3) is 0 Å². The van der Waals surface area contributed by atoms with Gasteiger partial charge in [0.15, 0.2) is 11.5 Å². The lowest BCUT2D eigenvalue weighted by molar-refractivity contribution is -0.121. The zero-order valence-electron chi connectivity index (χ0n) is 11.1. The molecule has 1 N–H and O–H groups in total. The number of amides is 1. The number of carbonyl (C=O) groups excluding carboxylic acids is 1. The van der Waals surface area contributed by atoms with E-state index >= 15 is 0 Å². The van der Waals surface area contributed by atoms with Gasteiger partial charge in [-0.25, -0.2) is 0 Å². The topological polar surface area (TPSA) is 47.6 Å². The van der Waals surface area contributed by atoms with Gasteiger partial charge in [-0.2, -0.15) is 0 Å². The Morgan fingerprint density at radius 2 is 2.00 bits per heavy atom. The van der Waals surface area contributed by atoms with Gasteiger partial charge >= 0.3 is 0 Å². The second kappa shape index (κ2) is 5.29. The first-order valence-electron chi connectivity index (χ1n) is 6.23. The second-order valence-electron chi connectivity index (χ2n) is 4.42. The normalized spacial score (nSPS) is 17.2. The van der Waals surface area contributed by atoms with E-state index in [-0.39, 0.29) is 11.9 Å². The van der Waals surface area contributed by atoms with Crippen molar-refractivity contribution in [1.82, 2.24) is 5.32 Å². The van der Waals surface area contributed by atoms with Crippen LogP contribution in [-0.2, 0) is 11.2 Å². The van der Waals surface area contributed by atoms with Gasteiger partial charge in [0.1, 0.15) is 0 Å². The van der Waals surface area contributed by atoms with Crippen molar-refractivity contribution in [3.63, 3.8) is 0 Å². The number of carbonyl (C=O) groups is 1. The van der Waals surface area contributed by atoms with Crippen LogP contribution in [0.2, 0.25) is 0 Å². The highest BCUT2D eigenvalue weighted by Gasteiger charge is 2.25. The number of ether oxygens (including phenoxy) is 2. The summed E-state index contributed by atoms with van der Waals surface area (Å²) in [6.45, 7) is 1.86. The Balaban J connectivity index is 2.29. The van der Waals surface area contributed by atoms with Crippen LogP contribution >= 0.6 is 0 Å². The Labute approximate surface area is 107 Å². The predicted octanol–water partition coefficient (Wildman–Crippen LogP) is 2.22. The largest absolute Gasteiger partial charge is 0.493 e. The summed E-state index contributed by atoms with van der Waals surface area (Å²) in [7, 11) is 3.26. The molecule has 1 amide bonds. The maximum Gasteiger partial charge on any atom is 0.220 e. The van der Waals surface area contributed by atoms with E-state index in [4.69, 9.17) is 9.47 Å². The molecule has 0 spiro atoms. The molecule has 0 aromatic heterocycles. The Hall–Kier alpha value is -1.71. The molecule has 0 aliphatic heterocycles. The van der Waals surface area contributed by atoms with Crippen molar-refractivity contribution >= 4 is 5.91 Å². The van der Waals surface area contributed by atoms with Gasteiger partial charge in [-0.1, -0.05) is 6.92 Å². The first-order valence-corrected chi connectivity index (χ1v) is 6.23. The SMILES string of the molecule is CCC(=O)NC1CCc2cc(OC)c(OC)cc21. The molecule has 0 bridgehead atoms. The number of nitrogens with one attached hydrogen (secondary N) is 1. The Morgan fingerprint density at radius 3 is 2.61 bits per heavy atom. The highest BCUT2D eigenvalue weighted by molar-refractivity contribution is 5.76. The minimum absolute atomic E-state index is 0.0858. The maximum absolute atomic E-state index is 11.5. The van der Waals surface area contributed by atoms with Gasteiger partial charge in [-0.05, 0) is 36.1 Å². The van der Waals surface area contributed by atoms with Crippen molar-refractivity contribution in [2.75, 3.05) is 14.2 Å². The number of aryl methyl sites for hydroxylation is 1. The molecule has 1 aliphatic rings. The van der Waals surface area contributed by atoms with Gasteiger partial charge in [-0.15, -0.1) is 0 Å². The number of hydrogen-bond acceptors (Lipinski definition) is 3. The molecule has 0 fully saturated rings. The molecule has 0 radical (unpaired) electrons. The van der Waals surface area contributed by atoms with Crippen LogP contribution in [0.1, 0.15) is 36.9 Å². The van der Waals surface area contributed by atoms with Crippen LogP contribution in [0.5, 0.6) is 11.5 Å². The van der Waals surface area contributed by atoms with Crippen molar-refractivity contribution in [2.45, 2.75) is 32.2 Å². The number of benzene rings is 1. The highest BCUT2D eigenvalue weighted by Crippen LogP contribution is 2.39. The van der Waals surface area contributed by atoms with Crippen molar-refractivity contribution in [3.05, 3.63) is 23.3 Å². The smallest absolute Gasteiger partial charge is 0.220 e. The summed E-state index contributed by atoms with van der Waals surface area (Å²) >= 11 is 0. The lowest BCUT2D eigenvalue weighted by Crippen LogP contribution is -2.26. The van der Waals surface area contributed by atoms with Crippen molar-refractivity contribution in [3.8, 4) is 11.5 Å². The lowest BCUT2D eigenvalue weighted by Gasteiger charge is -2.15. The first kappa shape index (κ1) is 12.7. The molecular formula is C14H19NO3. The second-order valence-corrected chi connectivity index (χ2v) is 4.42. The number of hydrogen-bond donors (Lipinski definition) is 1. The van der Waals surface area contributed by atoms with Gasteiger partial charge in [0.2, 0.25) is 5.91 Å². The van der Waals surface area contributed by atoms with E-state index in [2.05, 4.69) is 5.32 Å². The molecule has 1 atom stereocenters. The Bertz CT molecular complexity index is 457. The molecule has 1 unspecified atom stereocenters. The molecule has 18 heavy (non-hydrogen) atoms. The van der Waals surface area contributed by atoms with Crippen LogP contribution in [0.4, 0.5) is 0 Å². The summed E-state index contributed by atoms with van der Waals surface area (Å²) in [5.74, 6) is 1.55. The van der Waals surface area contributed by atoms with Gasteiger partial charge in [-0.3, -0.25) is 4.79 Å². The van der Waals surface area contributed by atoms with Crippen molar-refractivity contribution < 1.29 is 14.3 Å². The predicted molar refractivity (Wildman–Crippen MR) is 69.0 cm³/mol. The van der Waals surface area contributed by atoms with Crippen LogP contribution in [0.3, 0.4) is 0 Å². The monoisotopic (exact) mass is 249 g/mol. The van der Waals surface area contributed by atoms with E-state index in [0.717, 1.165) is 24.2 Å². The van der Waals surface area contributed by atoms with Crippen molar-refractivity contribution in [1.29, 1.82) is 0 Å². The van der Waals surface area contributed by atoms with Crippen LogP contribution in [-0.4, -0.2) is 20.1 Å². The van der Waals surface area contributed by atoms with Gasteiger partial charge < -0.3 is 14.8 Å². The van der Waals surface area contributed by atoms with Gasteiger partial charge in [0, 0.05) is 6.42 Å². The molecular weight excluding hydrogens is 230 g/mol. The molecule has 98 valence electrons. The molecule has 0 heterocycles. The molecule has 2 rings (SSSR count). The summed E-state index contributed by atoms with van der Waals surface area (Å²) in [6, 6.07) is 4.08. The zero-order valence-corrected chi connectivity index (χ0v) is 11.1. The third-order valence-electron chi connectivity index (χ3n) is 3.38. The highest BCUT2D eigenvalue weighted by atomic mass is 16.5. The zero-order chi connectivity index (χ0) is 13.1. The standard InChI is InChI=1S/C14H19NO3/c1-4-14(16)15-11-6-5-9-7-12(17-2)13(18-3)8-10(9)11/h7-8,11H,4-6H2,1-3H3,(H,15,16). The van der Waals surface area contributed by atoms with Crippen LogP contribution < -0.4 is 14.8 Å². The maximum atomic E-state index is 11.5. The third kappa shape index (κ3) is 2.28. The van der Waals surface area contributed by atoms with E-state index in [1.54, 1.807) is 14.2 Å². The van der Waals surface area contributed by atoms with E-state index in [9.17, 15) is 4.79 Å². The fraction of sp³-hybridized carbons (Fsp3) is 0.500. The molecule has 1 aromatic carbocycles. The average Bonchev–Trinajstić information content (AvgIpc) is 2.79. The third-order valence-corrected chi connectivity index (χ3v) is 3.38. The molecule has 4 heteroatoms. The number of fused-ring (bicyclic) bond motifs is 1. The lowest BCUT2D eigenvalue weighted by atomic mass is 10.1. The number of methoxy groups -OCH3 is 2. The van der Waals surface area contributed by atoms with Crippen LogP contribution in [0, 0.1) is 0 Å². The Kier molecular flexibility index (Phi) is 3.75. The Morgan fingerprint density at radius 1 is 1.33 bits per heavy atom. The summed E-state index contributed by atoms with van der Waals surface area (Å²) in [4.78, 5) is 11.5. The first-order chi connectivity index (χ1) is 8.69. The fourth-order valence-corrected chi connectivity index (χ4v) is 2.38. The summed E-state index contributed by atoms with van der Waals surface area (Å²) < 4.78 is 10.6. The summed E-state index contributed by atoms with van der Waals surface area (Å²) in [6.07, 6.45) is 2.42. The van der Waals surface area contributed by atoms with Crippen molar-refractivity contribution in [2.24, 2.45) is 0 Å². The van der Waals surface area contributed by atoms with Crippen LogP contribution in [0.15, 0.2) is 12.1 Å². The van der Waals surface area contributed by atoms with Gasteiger partial charge in [0.05, 0.1) is 20.3 Å². The molecule has 4 nitrogen and oxygen atoms in total. The van der Waals surface area contributed by atoms with E-state index in [1.165, 1.54) is 5.56 Å². The molecule has 0 saturated heterocycles. The van der Waals surface area contributed by atoms with E-state index in [1.807, 2.05) is 19.1 Å².